The zero-order valence-electron chi connectivity index (χ0n) is 10.9. The van der Waals surface area contributed by atoms with Crippen molar-refractivity contribution >= 4 is 21.6 Å². The average molecular weight is 314 g/mol. The van der Waals surface area contributed by atoms with Gasteiger partial charge in [-0.2, -0.15) is 0 Å². The molecule has 0 aliphatic carbocycles. The number of hydrogen-bond donors (Lipinski definition) is 1. The Labute approximate surface area is 117 Å². The Hall–Kier alpha value is -0.580. The maximum atomic E-state index is 9.12. The Morgan fingerprint density at radius 1 is 1.50 bits per heavy atom. The van der Waals surface area contributed by atoms with E-state index in [2.05, 4.69) is 33.8 Å². The average Bonchev–Trinajstić information content (AvgIpc) is 2.39. The van der Waals surface area contributed by atoms with Crippen molar-refractivity contribution in [1.82, 2.24) is 0 Å². The van der Waals surface area contributed by atoms with Crippen LogP contribution < -0.4 is 4.90 Å². The Morgan fingerprint density at radius 3 is 2.89 bits per heavy atom. The van der Waals surface area contributed by atoms with E-state index in [1.54, 1.807) is 7.11 Å². The Kier molecular flexibility index (Phi) is 4.65. The van der Waals surface area contributed by atoms with Gasteiger partial charge in [-0.25, -0.2) is 0 Å². The molecule has 1 aliphatic rings. The third kappa shape index (κ3) is 2.87. The fourth-order valence-corrected chi connectivity index (χ4v) is 3.14. The molecule has 2 unspecified atom stereocenters. The van der Waals surface area contributed by atoms with Gasteiger partial charge in [0.05, 0.1) is 18.4 Å². The van der Waals surface area contributed by atoms with E-state index >= 15 is 0 Å². The predicted molar refractivity (Wildman–Crippen MR) is 76.9 cm³/mol. The van der Waals surface area contributed by atoms with Crippen LogP contribution >= 0.6 is 15.9 Å². The molecule has 1 aliphatic heterocycles. The van der Waals surface area contributed by atoms with Gasteiger partial charge in [-0.3, -0.25) is 0 Å². The van der Waals surface area contributed by atoms with Gasteiger partial charge in [-0.15, -0.1) is 0 Å². The van der Waals surface area contributed by atoms with Gasteiger partial charge < -0.3 is 14.7 Å². The van der Waals surface area contributed by atoms with Crippen LogP contribution in [0.3, 0.4) is 0 Å². The summed E-state index contributed by atoms with van der Waals surface area (Å²) in [6.45, 7) is 4.30. The van der Waals surface area contributed by atoms with Crippen molar-refractivity contribution in [3.05, 3.63) is 28.2 Å². The highest BCUT2D eigenvalue weighted by molar-refractivity contribution is 9.10. The van der Waals surface area contributed by atoms with Gasteiger partial charge in [0.2, 0.25) is 0 Å². The Balaban J connectivity index is 2.16. The second-order valence-corrected chi connectivity index (χ2v) is 5.78. The van der Waals surface area contributed by atoms with Gasteiger partial charge >= 0.3 is 0 Å². The molecular weight excluding hydrogens is 294 g/mol. The third-order valence-corrected chi connectivity index (χ3v) is 4.36. The van der Waals surface area contributed by atoms with Crippen LogP contribution in [0.2, 0.25) is 0 Å². The van der Waals surface area contributed by atoms with Gasteiger partial charge in [0.15, 0.2) is 0 Å². The van der Waals surface area contributed by atoms with Crippen molar-refractivity contribution in [3.8, 4) is 0 Å². The van der Waals surface area contributed by atoms with E-state index in [1.807, 2.05) is 12.1 Å². The molecule has 18 heavy (non-hydrogen) atoms. The molecule has 1 heterocycles. The lowest BCUT2D eigenvalue weighted by atomic mass is 9.95. The molecule has 2 rings (SSSR count). The van der Waals surface area contributed by atoms with Gasteiger partial charge in [-0.1, -0.05) is 13.0 Å². The minimum absolute atomic E-state index is 0.0800. The number of hydrogen-bond acceptors (Lipinski definition) is 3. The van der Waals surface area contributed by atoms with E-state index in [4.69, 9.17) is 9.84 Å². The highest BCUT2D eigenvalue weighted by atomic mass is 79.9. The molecule has 1 N–H and O–H groups in total. The van der Waals surface area contributed by atoms with E-state index in [1.165, 1.54) is 5.69 Å². The minimum atomic E-state index is 0.0800. The van der Waals surface area contributed by atoms with E-state index in [0.29, 0.717) is 12.0 Å². The van der Waals surface area contributed by atoms with Crippen molar-refractivity contribution in [2.45, 2.75) is 26.1 Å². The quantitative estimate of drug-likeness (QED) is 0.931. The highest BCUT2D eigenvalue weighted by Crippen LogP contribution is 2.31. The monoisotopic (exact) mass is 313 g/mol. The van der Waals surface area contributed by atoms with Gasteiger partial charge in [0, 0.05) is 24.7 Å². The molecule has 0 spiro atoms. The molecule has 1 aromatic carbocycles. The van der Waals surface area contributed by atoms with Crippen LogP contribution in [-0.4, -0.2) is 31.4 Å². The molecular formula is C14H20BrNO2. The van der Waals surface area contributed by atoms with E-state index in [9.17, 15) is 0 Å². The number of rotatable bonds is 3. The lowest BCUT2D eigenvalue weighted by molar-refractivity contribution is 0.0498. The molecule has 0 bridgehead atoms. The molecule has 2 atom stereocenters. The number of methoxy groups -OCH3 is 1. The largest absolute Gasteiger partial charge is 0.392 e. The van der Waals surface area contributed by atoms with E-state index in [0.717, 1.165) is 29.5 Å². The van der Waals surface area contributed by atoms with Gasteiger partial charge in [-0.05, 0) is 46.0 Å². The molecule has 0 amide bonds. The number of aliphatic hydroxyl groups excluding tert-OH is 1. The minimum Gasteiger partial charge on any atom is -0.392 e. The number of nitrogens with zero attached hydrogens (tertiary/aromatic N) is 1. The first-order valence-corrected chi connectivity index (χ1v) is 7.12. The first-order chi connectivity index (χ1) is 8.65. The maximum absolute atomic E-state index is 9.12. The maximum Gasteiger partial charge on any atom is 0.0772 e. The summed E-state index contributed by atoms with van der Waals surface area (Å²) >= 11 is 3.59. The molecule has 100 valence electrons. The topological polar surface area (TPSA) is 32.7 Å². The summed E-state index contributed by atoms with van der Waals surface area (Å²) in [5.74, 6) is 0.613. The number of benzene rings is 1. The lowest BCUT2D eigenvalue weighted by Crippen LogP contribution is -2.44. The molecule has 0 saturated carbocycles. The first kappa shape index (κ1) is 13.8. The summed E-state index contributed by atoms with van der Waals surface area (Å²) in [7, 11) is 1.79. The summed E-state index contributed by atoms with van der Waals surface area (Å²) in [4.78, 5) is 2.35. The van der Waals surface area contributed by atoms with Crippen LogP contribution in [0.15, 0.2) is 22.7 Å². The van der Waals surface area contributed by atoms with Crippen LogP contribution in [-0.2, 0) is 11.3 Å². The smallest absolute Gasteiger partial charge is 0.0772 e. The number of piperidine rings is 1. The van der Waals surface area contributed by atoms with Crippen LogP contribution in [0, 0.1) is 5.92 Å². The molecule has 0 radical (unpaired) electrons. The van der Waals surface area contributed by atoms with Crippen molar-refractivity contribution in [1.29, 1.82) is 0 Å². The molecule has 1 saturated heterocycles. The van der Waals surface area contributed by atoms with Gasteiger partial charge in [0.25, 0.3) is 0 Å². The molecule has 1 aromatic rings. The Morgan fingerprint density at radius 2 is 2.28 bits per heavy atom. The van der Waals surface area contributed by atoms with Crippen molar-refractivity contribution in [3.63, 3.8) is 0 Å². The van der Waals surface area contributed by atoms with Crippen LogP contribution in [0.5, 0.6) is 0 Å². The third-order valence-electron chi connectivity index (χ3n) is 3.73. The molecule has 4 heteroatoms. The van der Waals surface area contributed by atoms with E-state index in [-0.39, 0.29) is 6.61 Å². The predicted octanol–water partition coefficient (Wildman–Crippen LogP) is 2.80. The number of halogens is 1. The first-order valence-electron chi connectivity index (χ1n) is 6.32. The van der Waals surface area contributed by atoms with Crippen LogP contribution in [0.4, 0.5) is 5.69 Å². The second-order valence-electron chi connectivity index (χ2n) is 4.93. The fraction of sp³-hybridized carbons (Fsp3) is 0.571. The van der Waals surface area contributed by atoms with E-state index < -0.39 is 0 Å². The standard InChI is InChI=1S/C14H20BrNO2/c1-10-5-6-16(8-14(10)18-2)13-4-3-11(9-17)7-12(13)15/h3-4,7,10,14,17H,5-6,8-9H2,1-2H3. The number of aliphatic hydroxyl groups is 1. The zero-order chi connectivity index (χ0) is 13.1. The zero-order valence-corrected chi connectivity index (χ0v) is 12.5. The second kappa shape index (κ2) is 6.04. The van der Waals surface area contributed by atoms with Crippen molar-refractivity contribution in [2.75, 3.05) is 25.1 Å². The number of anilines is 1. The highest BCUT2D eigenvalue weighted by Gasteiger charge is 2.26. The molecule has 3 nitrogen and oxygen atoms in total. The van der Waals surface area contributed by atoms with Crippen molar-refractivity contribution in [2.24, 2.45) is 5.92 Å². The van der Waals surface area contributed by atoms with Crippen LogP contribution in [0.25, 0.3) is 0 Å². The summed E-state index contributed by atoms with van der Waals surface area (Å²) in [5.41, 5.74) is 2.11. The summed E-state index contributed by atoms with van der Waals surface area (Å²) in [6.07, 6.45) is 1.44. The summed E-state index contributed by atoms with van der Waals surface area (Å²) in [6, 6.07) is 6.02. The summed E-state index contributed by atoms with van der Waals surface area (Å²) < 4.78 is 6.58. The Bertz CT molecular complexity index is 411. The molecule has 1 fully saturated rings. The SMILES string of the molecule is COC1CN(c2ccc(CO)cc2Br)CCC1C. The fourth-order valence-electron chi connectivity index (χ4n) is 2.46. The van der Waals surface area contributed by atoms with Gasteiger partial charge in [0.1, 0.15) is 0 Å². The number of ether oxygens (including phenoxy) is 1. The molecule has 0 aromatic heterocycles. The van der Waals surface area contributed by atoms with Crippen molar-refractivity contribution < 1.29 is 9.84 Å². The van der Waals surface area contributed by atoms with Crippen LogP contribution in [0.1, 0.15) is 18.9 Å². The normalized spacial score (nSPS) is 24.3. The summed E-state index contributed by atoms with van der Waals surface area (Å²) in [5, 5.41) is 9.12. The lowest BCUT2D eigenvalue weighted by Gasteiger charge is -2.38.